The fourth-order valence-electron chi connectivity index (χ4n) is 2.68. The molecule has 3 N–H and O–H groups in total. The summed E-state index contributed by atoms with van der Waals surface area (Å²) in [5, 5.41) is 4.01. The molecular formula is C16H19N3O2. The molecule has 0 spiro atoms. The lowest BCUT2D eigenvalue weighted by Gasteiger charge is -2.13. The molecule has 1 fully saturated rings. The van der Waals surface area contributed by atoms with E-state index < -0.39 is 0 Å². The van der Waals surface area contributed by atoms with Gasteiger partial charge in [-0.2, -0.15) is 0 Å². The fraction of sp³-hybridized carbons (Fsp3) is 0.375. The van der Waals surface area contributed by atoms with Crippen LogP contribution >= 0.6 is 0 Å². The molecule has 21 heavy (non-hydrogen) atoms. The van der Waals surface area contributed by atoms with Crippen LogP contribution in [0, 0.1) is 0 Å². The second-order valence-electron chi connectivity index (χ2n) is 5.27. The number of rotatable bonds is 4. The van der Waals surface area contributed by atoms with Gasteiger partial charge in [0.15, 0.2) is 0 Å². The molecule has 110 valence electrons. The van der Waals surface area contributed by atoms with Crippen molar-refractivity contribution < 1.29 is 9.53 Å². The predicted octanol–water partition coefficient (Wildman–Crippen LogP) is 1.36. The largest absolute Gasteiger partial charge is 0.364 e. The van der Waals surface area contributed by atoms with Gasteiger partial charge in [-0.1, -0.05) is 24.3 Å². The smallest absolute Gasteiger partial charge is 0.249 e. The molecule has 3 rings (SSSR count). The molecule has 1 aromatic carbocycles. The summed E-state index contributed by atoms with van der Waals surface area (Å²) < 4.78 is 5.60. The molecule has 1 aliphatic rings. The summed E-state index contributed by atoms with van der Waals surface area (Å²) in [6.07, 6.45) is 2.99. The zero-order valence-electron chi connectivity index (χ0n) is 11.8. The Labute approximate surface area is 123 Å². The normalized spacial score (nSPS) is 21.6. The SMILES string of the molecule is NC[C@H]1CC[C@@H](C(=O)NCc2cccc3cccnc23)O1. The number of hydrogen-bond acceptors (Lipinski definition) is 4. The number of para-hydroxylation sites is 1. The number of carbonyl (C=O) groups excluding carboxylic acids is 1. The highest BCUT2D eigenvalue weighted by atomic mass is 16.5. The molecule has 0 unspecified atom stereocenters. The molecule has 1 amide bonds. The van der Waals surface area contributed by atoms with Crippen molar-refractivity contribution in [2.45, 2.75) is 31.6 Å². The first-order chi connectivity index (χ1) is 10.3. The summed E-state index contributed by atoms with van der Waals surface area (Å²) in [6.45, 7) is 0.928. The summed E-state index contributed by atoms with van der Waals surface area (Å²) in [5.41, 5.74) is 7.49. The van der Waals surface area contributed by atoms with Gasteiger partial charge in [-0.25, -0.2) is 0 Å². The van der Waals surface area contributed by atoms with E-state index in [0.717, 1.165) is 29.3 Å². The quantitative estimate of drug-likeness (QED) is 0.889. The first-order valence-electron chi connectivity index (χ1n) is 7.24. The molecule has 0 bridgehead atoms. The lowest BCUT2D eigenvalue weighted by Crippen LogP contribution is -2.35. The van der Waals surface area contributed by atoms with Gasteiger partial charge in [-0.3, -0.25) is 9.78 Å². The van der Waals surface area contributed by atoms with Crippen molar-refractivity contribution in [1.82, 2.24) is 10.3 Å². The molecule has 1 aromatic heterocycles. The molecule has 5 nitrogen and oxygen atoms in total. The van der Waals surface area contributed by atoms with Crippen LogP contribution in [0.1, 0.15) is 18.4 Å². The van der Waals surface area contributed by atoms with Gasteiger partial charge in [0.25, 0.3) is 0 Å². The van der Waals surface area contributed by atoms with Gasteiger partial charge in [-0.05, 0) is 24.5 Å². The van der Waals surface area contributed by atoms with E-state index in [1.165, 1.54) is 0 Å². The van der Waals surface area contributed by atoms with Gasteiger partial charge >= 0.3 is 0 Å². The summed E-state index contributed by atoms with van der Waals surface area (Å²) in [4.78, 5) is 16.5. The number of carbonyl (C=O) groups is 1. The Morgan fingerprint density at radius 1 is 1.33 bits per heavy atom. The molecule has 0 radical (unpaired) electrons. The zero-order valence-corrected chi connectivity index (χ0v) is 11.8. The van der Waals surface area contributed by atoms with E-state index >= 15 is 0 Å². The van der Waals surface area contributed by atoms with Crippen LogP contribution in [0.4, 0.5) is 0 Å². The summed E-state index contributed by atoms with van der Waals surface area (Å²) >= 11 is 0. The maximum Gasteiger partial charge on any atom is 0.249 e. The van der Waals surface area contributed by atoms with Crippen molar-refractivity contribution in [2.24, 2.45) is 5.73 Å². The first kappa shape index (κ1) is 14.0. The van der Waals surface area contributed by atoms with Gasteiger partial charge in [0.2, 0.25) is 5.91 Å². The van der Waals surface area contributed by atoms with E-state index in [9.17, 15) is 4.79 Å². The number of nitrogens with one attached hydrogen (secondary N) is 1. The molecule has 2 heterocycles. The van der Waals surface area contributed by atoms with Crippen LogP contribution in [-0.4, -0.2) is 29.6 Å². The average Bonchev–Trinajstić information content (AvgIpc) is 3.01. The third-order valence-electron chi connectivity index (χ3n) is 3.83. The molecule has 5 heteroatoms. The number of pyridine rings is 1. The molecule has 0 aliphatic carbocycles. The number of fused-ring (bicyclic) bond motifs is 1. The van der Waals surface area contributed by atoms with Crippen molar-refractivity contribution in [3.63, 3.8) is 0 Å². The van der Waals surface area contributed by atoms with Crippen molar-refractivity contribution >= 4 is 16.8 Å². The molecular weight excluding hydrogens is 266 g/mol. The standard InChI is InChI=1S/C16H19N3O2/c17-9-13-6-7-14(21-13)16(20)19-10-12-4-1-3-11-5-2-8-18-15(11)12/h1-5,8,13-14H,6-7,9-10,17H2,(H,19,20)/t13-,14+/m1/s1. The Bertz CT molecular complexity index is 639. The Kier molecular flexibility index (Phi) is 4.13. The summed E-state index contributed by atoms with van der Waals surface area (Å²) in [7, 11) is 0. The van der Waals surface area contributed by atoms with Gasteiger partial charge in [0.05, 0.1) is 11.6 Å². The van der Waals surface area contributed by atoms with Crippen LogP contribution in [0.2, 0.25) is 0 Å². The van der Waals surface area contributed by atoms with Crippen LogP contribution < -0.4 is 11.1 Å². The maximum atomic E-state index is 12.1. The molecule has 1 saturated heterocycles. The molecule has 0 saturated carbocycles. The van der Waals surface area contributed by atoms with E-state index in [2.05, 4.69) is 10.3 Å². The highest BCUT2D eigenvalue weighted by Crippen LogP contribution is 2.19. The third-order valence-corrected chi connectivity index (χ3v) is 3.83. The second-order valence-corrected chi connectivity index (χ2v) is 5.27. The average molecular weight is 285 g/mol. The monoisotopic (exact) mass is 285 g/mol. The zero-order chi connectivity index (χ0) is 14.7. The lowest BCUT2D eigenvalue weighted by atomic mass is 10.1. The lowest BCUT2D eigenvalue weighted by molar-refractivity contribution is -0.132. The Balaban J connectivity index is 1.65. The van der Waals surface area contributed by atoms with E-state index in [0.29, 0.717) is 13.1 Å². The van der Waals surface area contributed by atoms with E-state index in [4.69, 9.17) is 10.5 Å². The minimum absolute atomic E-state index is 0.0139. The number of hydrogen-bond donors (Lipinski definition) is 2. The van der Waals surface area contributed by atoms with E-state index in [1.54, 1.807) is 6.20 Å². The Morgan fingerprint density at radius 3 is 3.00 bits per heavy atom. The number of nitrogens with zero attached hydrogens (tertiary/aromatic N) is 1. The fourth-order valence-corrected chi connectivity index (χ4v) is 2.68. The van der Waals surface area contributed by atoms with Crippen LogP contribution in [0.5, 0.6) is 0 Å². The predicted molar refractivity (Wildman–Crippen MR) is 80.5 cm³/mol. The number of benzene rings is 1. The molecule has 1 aliphatic heterocycles. The highest BCUT2D eigenvalue weighted by molar-refractivity contribution is 5.84. The number of ether oxygens (including phenoxy) is 1. The van der Waals surface area contributed by atoms with Crippen LogP contribution in [0.3, 0.4) is 0 Å². The number of aromatic nitrogens is 1. The third kappa shape index (κ3) is 3.04. The van der Waals surface area contributed by atoms with E-state index in [1.807, 2.05) is 30.3 Å². The van der Waals surface area contributed by atoms with Crippen LogP contribution in [0.15, 0.2) is 36.5 Å². The Hall–Kier alpha value is -1.98. The highest BCUT2D eigenvalue weighted by Gasteiger charge is 2.29. The number of nitrogens with two attached hydrogens (primary N) is 1. The van der Waals surface area contributed by atoms with E-state index in [-0.39, 0.29) is 18.1 Å². The van der Waals surface area contributed by atoms with Crippen molar-refractivity contribution in [2.75, 3.05) is 6.54 Å². The van der Waals surface area contributed by atoms with Crippen LogP contribution in [0.25, 0.3) is 10.9 Å². The van der Waals surface area contributed by atoms with Crippen molar-refractivity contribution in [1.29, 1.82) is 0 Å². The summed E-state index contributed by atoms with van der Waals surface area (Å²) in [5.74, 6) is -0.0705. The van der Waals surface area contributed by atoms with Crippen molar-refractivity contribution in [3.8, 4) is 0 Å². The van der Waals surface area contributed by atoms with Crippen molar-refractivity contribution in [3.05, 3.63) is 42.1 Å². The van der Waals surface area contributed by atoms with Gasteiger partial charge < -0.3 is 15.8 Å². The topological polar surface area (TPSA) is 77.2 Å². The summed E-state index contributed by atoms with van der Waals surface area (Å²) in [6, 6.07) is 9.89. The van der Waals surface area contributed by atoms with Gasteiger partial charge in [0, 0.05) is 24.7 Å². The Morgan fingerprint density at radius 2 is 2.19 bits per heavy atom. The maximum absolute atomic E-state index is 12.1. The molecule has 2 aromatic rings. The minimum atomic E-state index is -0.374. The minimum Gasteiger partial charge on any atom is -0.364 e. The number of amides is 1. The van der Waals surface area contributed by atoms with Gasteiger partial charge in [0.1, 0.15) is 6.10 Å². The first-order valence-corrected chi connectivity index (χ1v) is 7.24. The van der Waals surface area contributed by atoms with Gasteiger partial charge in [-0.15, -0.1) is 0 Å². The van der Waals surface area contributed by atoms with Crippen LogP contribution in [-0.2, 0) is 16.1 Å². The second kappa shape index (κ2) is 6.20. The molecule has 2 atom stereocenters.